The molecule has 2 aromatic heterocycles. The summed E-state index contributed by atoms with van der Waals surface area (Å²) in [6.45, 7) is 3.49. The predicted molar refractivity (Wildman–Crippen MR) is 75.6 cm³/mol. The van der Waals surface area contributed by atoms with Gasteiger partial charge in [-0.05, 0) is 36.1 Å². The van der Waals surface area contributed by atoms with Crippen molar-refractivity contribution in [1.29, 1.82) is 0 Å². The molecule has 0 aliphatic heterocycles. The highest BCUT2D eigenvalue weighted by Gasteiger charge is 2.07. The Morgan fingerprint density at radius 2 is 2.05 bits per heavy atom. The van der Waals surface area contributed by atoms with Crippen LogP contribution in [-0.4, -0.2) is 5.76 Å². The van der Waals surface area contributed by atoms with Crippen LogP contribution in [-0.2, 0) is 18.8 Å². The van der Waals surface area contributed by atoms with E-state index >= 15 is 0 Å². The number of aryl methyl sites for hydroxylation is 1. The highest BCUT2D eigenvalue weighted by Crippen LogP contribution is 2.21. The minimum absolute atomic E-state index is 0.210. The molecule has 0 aliphatic carbocycles. The summed E-state index contributed by atoms with van der Waals surface area (Å²) in [5.41, 5.74) is 1.28. The van der Waals surface area contributed by atoms with Crippen molar-refractivity contribution in [3.05, 3.63) is 45.5 Å². The van der Waals surface area contributed by atoms with Crippen LogP contribution < -0.4 is 5.32 Å². The van der Waals surface area contributed by atoms with Crippen molar-refractivity contribution in [3.63, 3.8) is 0 Å². The van der Waals surface area contributed by atoms with Crippen LogP contribution in [0.4, 0.5) is 8.78 Å². The Morgan fingerprint density at radius 1 is 1.26 bits per heavy atom. The van der Waals surface area contributed by atoms with Gasteiger partial charge in [0.15, 0.2) is 0 Å². The molecule has 6 heteroatoms. The Bertz CT molecular complexity index is 510. The van der Waals surface area contributed by atoms with Gasteiger partial charge in [0.2, 0.25) is 0 Å². The highest BCUT2D eigenvalue weighted by molar-refractivity contribution is 7.98. The first-order valence-corrected chi connectivity index (χ1v) is 7.79. The molecule has 2 rings (SSSR count). The van der Waals surface area contributed by atoms with Crippen molar-refractivity contribution in [2.45, 2.75) is 31.5 Å². The molecule has 0 aliphatic rings. The van der Waals surface area contributed by atoms with Crippen molar-refractivity contribution >= 4 is 23.1 Å². The van der Waals surface area contributed by atoms with Gasteiger partial charge in [-0.3, -0.25) is 0 Å². The summed E-state index contributed by atoms with van der Waals surface area (Å²) in [5, 5.41) is 5.35. The maximum absolute atomic E-state index is 12.0. The molecule has 0 aromatic carbocycles. The lowest BCUT2D eigenvalue weighted by atomic mass is 10.3. The van der Waals surface area contributed by atoms with Gasteiger partial charge in [-0.2, -0.15) is 8.78 Å². The van der Waals surface area contributed by atoms with Gasteiger partial charge in [-0.25, -0.2) is 0 Å². The van der Waals surface area contributed by atoms with Crippen molar-refractivity contribution < 1.29 is 13.2 Å². The first-order valence-electron chi connectivity index (χ1n) is 5.86. The van der Waals surface area contributed by atoms with E-state index in [9.17, 15) is 8.78 Å². The molecule has 0 bridgehead atoms. The highest BCUT2D eigenvalue weighted by atomic mass is 32.2. The normalized spacial score (nSPS) is 11.4. The molecule has 0 radical (unpaired) electrons. The van der Waals surface area contributed by atoms with E-state index in [1.54, 1.807) is 17.4 Å². The molecule has 2 nitrogen and oxygen atoms in total. The summed E-state index contributed by atoms with van der Waals surface area (Å²) in [4.78, 5) is 1.31. The van der Waals surface area contributed by atoms with E-state index in [1.807, 2.05) is 6.07 Å². The van der Waals surface area contributed by atoms with E-state index in [2.05, 4.69) is 23.7 Å². The fourth-order valence-electron chi connectivity index (χ4n) is 1.62. The average molecular weight is 303 g/mol. The van der Waals surface area contributed by atoms with E-state index in [0.717, 1.165) is 12.3 Å². The molecule has 0 saturated heterocycles. The number of rotatable bonds is 7. The zero-order chi connectivity index (χ0) is 13.7. The summed E-state index contributed by atoms with van der Waals surface area (Å²) in [5.74, 6) is -0.774. The summed E-state index contributed by atoms with van der Waals surface area (Å²) in [7, 11) is 0. The molecule has 1 N–H and O–H groups in total. The zero-order valence-corrected chi connectivity index (χ0v) is 12.1. The largest absolute Gasteiger partial charge is 0.464 e. The SMILES string of the molecule is Cc1ccsc1CNCc1ccc(CSC(F)F)o1. The van der Waals surface area contributed by atoms with Crippen LogP contribution in [0.5, 0.6) is 0 Å². The van der Waals surface area contributed by atoms with Gasteiger partial charge >= 0.3 is 0 Å². The van der Waals surface area contributed by atoms with Crippen LogP contribution in [0.3, 0.4) is 0 Å². The van der Waals surface area contributed by atoms with Gasteiger partial charge in [0, 0.05) is 11.4 Å². The minimum atomic E-state index is -2.35. The number of hydrogen-bond donors (Lipinski definition) is 1. The minimum Gasteiger partial charge on any atom is -0.464 e. The quantitative estimate of drug-likeness (QED) is 0.821. The van der Waals surface area contributed by atoms with Gasteiger partial charge < -0.3 is 9.73 Å². The lowest BCUT2D eigenvalue weighted by Gasteiger charge is -2.02. The molecular weight excluding hydrogens is 288 g/mol. The number of furan rings is 1. The number of halogens is 2. The molecule has 104 valence electrons. The molecule has 2 heterocycles. The van der Waals surface area contributed by atoms with Crippen molar-refractivity contribution in [1.82, 2.24) is 5.32 Å². The van der Waals surface area contributed by atoms with Crippen molar-refractivity contribution in [2.75, 3.05) is 0 Å². The molecule has 0 fully saturated rings. The number of alkyl halides is 2. The third kappa shape index (κ3) is 4.63. The van der Waals surface area contributed by atoms with E-state index in [0.29, 0.717) is 24.1 Å². The van der Waals surface area contributed by atoms with Crippen LogP contribution >= 0.6 is 23.1 Å². The van der Waals surface area contributed by atoms with E-state index in [4.69, 9.17) is 4.42 Å². The zero-order valence-electron chi connectivity index (χ0n) is 10.5. The summed E-state index contributed by atoms with van der Waals surface area (Å²) in [6.07, 6.45) is 0. The maximum atomic E-state index is 12.0. The summed E-state index contributed by atoms with van der Waals surface area (Å²) < 4.78 is 29.5. The van der Waals surface area contributed by atoms with Crippen LogP contribution in [0.15, 0.2) is 28.0 Å². The van der Waals surface area contributed by atoms with Crippen molar-refractivity contribution in [2.24, 2.45) is 0 Å². The Labute approximate surface area is 119 Å². The van der Waals surface area contributed by atoms with Crippen LogP contribution in [0.25, 0.3) is 0 Å². The molecule has 0 spiro atoms. The van der Waals surface area contributed by atoms with E-state index < -0.39 is 5.76 Å². The molecule has 19 heavy (non-hydrogen) atoms. The Morgan fingerprint density at radius 3 is 2.74 bits per heavy atom. The second kappa shape index (κ2) is 7.07. The summed E-state index contributed by atoms with van der Waals surface area (Å²) in [6, 6.07) is 5.67. The van der Waals surface area contributed by atoms with Gasteiger partial charge in [0.25, 0.3) is 5.76 Å². The van der Waals surface area contributed by atoms with E-state index in [1.165, 1.54) is 10.4 Å². The second-order valence-electron chi connectivity index (χ2n) is 4.07. The molecule has 2 aromatic rings. The van der Waals surface area contributed by atoms with Crippen molar-refractivity contribution in [3.8, 4) is 0 Å². The third-order valence-electron chi connectivity index (χ3n) is 2.62. The number of thiophene rings is 1. The standard InChI is InChI=1S/C13H15F2NOS2/c1-9-4-5-18-12(9)7-16-6-10-2-3-11(17-10)8-19-13(14)15/h2-5,13,16H,6-8H2,1H3. The number of thioether (sulfide) groups is 1. The number of hydrogen-bond acceptors (Lipinski definition) is 4. The monoisotopic (exact) mass is 303 g/mol. The lowest BCUT2D eigenvalue weighted by molar-refractivity contribution is 0.251. The van der Waals surface area contributed by atoms with Crippen LogP contribution in [0.2, 0.25) is 0 Å². The first-order chi connectivity index (χ1) is 9.15. The molecule has 0 saturated carbocycles. The fraction of sp³-hybridized carbons (Fsp3) is 0.385. The van der Waals surface area contributed by atoms with Gasteiger partial charge in [0.05, 0.1) is 12.3 Å². The average Bonchev–Trinajstić information content (AvgIpc) is 2.97. The van der Waals surface area contributed by atoms with Crippen LogP contribution in [0, 0.1) is 6.92 Å². The topological polar surface area (TPSA) is 25.2 Å². The fourth-order valence-corrected chi connectivity index (χ4v) is 2.95. The smallest absolute Gasteiger partial charge is 0.284 e. The second-order valence-corrected chi connectivity index (χ2v) is 6.05. The predicted octanol–water partition coefficient (Wildman–Crippen LogP) is 4.40. The Balaban J connectivity index is 1.76. The molecule has 0 unspecified atom stereocenters. The Kier molecular flexibility index (Phi) is 5.42. The summed E-state index contributed by atoms with van der Waals surface area (Å²) >= 11 is 2.30. The first kappa shape index (κ1) is 14.6. The van der Waals surface area contributed by atoms with Crippen LogP contribution in [0.1, 0.15) is 22.0 Å². The van der Waals surface area contributed by atoms with E-state index in [-0.39, 0.29) is 5.75 Å². The third-order valence-corrected chi connectivity index (χ3v) is 4.35. The Hall–Kier alpha value is -0.850. The van der Waals surface area contributed by atoms with Gasteiger partial charge in [-0.1, -0.05) is 11.8 Å². The van der Waals surface area contributed by atoms with Gasteiger partial charge in [0.1, 0.15) is 11.5 Å². The molecular formula is C13H15F2NOS2. The van der Waals surface area contributed by atoms with Gasteiger partial charge in [-0.15, -0.1) is 11.3 Å². The lowest BCUT2D eigenvalue weighted by Crippen LogP contribution is -2.11. The number of nitrogens with one attached hydrogen (secondary N) is 1. The molecule has 0 amide bonds. The maximum Gasteiger partial charge on any atom is 0.284 e. The molecule has 0 atom stereocenters.